The minimum Gasteiger partial charge on any atom is -0.422 e. The minimum atomic E-state index is -3.21. The molecule has 0 saturated carbocycles. The Bertz CT molecular complexity index is 426. The third-order valence-electron chi connectivity index (χ3n) is 2.20. The van der Waals surface area contributed by atoms with Crippen molar-refractivity contribution in [1.82, 2.24) is 10.2 Å². The largest absolute Gasteiger partial charge is 0.422 e. The molecule has 0 aromatic carbocycles. The van der Waals surface area contributed by atoms with E-state index in [9.17, 15) is 8.42 Å². The lowest BCUT2D eigenvalue weighted by molar-refractivity contribution is 0.411. The normalized spacial score (nSPS) is 16.3. The van der Waals surface area contributed by atoms with Crippen LogP contribution in [0.15, 0.2) is 4.42 Å². The number of hydrogen-bond acceptors (Lipinski definition) is 6. The van der Waals surface area contributed by atoms with Crippen molar-refractivity contribution >= 4 is 9.84 Å². The van der Waals surface area contributed by atoms with Crippen molar-refractivity contribution in [3.8, 4) is 0 Å². The maximum absolute atomic E-state index is 11.2. The summed E-state index contributed by atoms with van der Waals surface area (Å²) in [7, 11) is -3.21. The van der Waals surface area contributed by atoms with Gasteiger partial charge in [-0.3, -0.25) is 0 Å². The molecule has 1 rings (SSSR count). The van der Waals surface area contributed by atoms with E-state index in [0.29, 0.717) is 6.42 Å². The highest BCUT2D eigenvalue weighted by Crippen LogP contribution is 2.21. The first-order valence-corrected chi connectivity index (χ1v) is 6.59. The molecular formula is C8H15N3O3S. The van der Waals surface area contributed by atoms with Gasteiger partial charge < -0.3 is 10.2 Å². The molecular weight excluding hydrogens is 218 g/mol. The summed E-state index contributed by atoms with van der Waals surface area (Å²) in [6.07, 6.45) is 1.79. The highest BCUT2D eigenvalue weighted by molar-refractivity contribution is 7.90. The first kappa shape index (κ1) is 12.1. The summed E-state index contributed by atoms with van der Waals surface area (Å²) in [6.45, 7) is 3.39. The van der Waals surface area contributed by atoms with Gasteiger partial charge in [-0.25, -0.2) is 8.42 Å². The Morgan fingerprint density at radius 2 is 1.93 bits per heavy atom. The summed E-state index contributed by atoms with van der Waals surface area (Å²) in [4.78, 5) is 0. The molecule has 7 heteroatoms. The molecule has 0 radical (unpaired) electrons. The second-order valence-corrected chi connectivity index (χ2v) is 5.83. The maximum Gasteiger partial charge on any atom is 0.234 e. The zero-order valence-electron chi connectivity index (χ0n) is 8.97. The van der Waals surface area contributed by atoms with Crippen LogP contribution in [0.1, 0.15) is 43.3 Å². The van der Waals surface area contributed by atoms with Crippen LogP contribution in [0.4, 0.5) is 0 Å². The van der Waals surface area contributed by atoms with Gasteiger partial charge in [-0.2, -0.15) is 0 Å². The van der Waals surface area contributed by atoms with Crippen LogP contribution in [-0.4, -0.2) is 24.9 Å². The molecule has 2 N–H and O–H groups in total. The average Bonchev–Trinajstić information content (AvgIpc) is 2.62. The van der Waals surface area contributed by atoms with Crippen molar-refractivity contribution in [1.29, 1.82) is 0 Å². The fraction of sp³-hybridized carbons (Fsp3) is 0.750. The summed E-state index contributed by atoms with van der Waals surface area (Å²) in [5.41, 5.74) is 5.67. The van der Waals surface area contributed by atoms with Gasteiger partial charge in [0, 0.05) is 6.26 Å². The van der Waals surface area contributed by atoms with E-state index in [4.69, 9.17) is 10.2 Å². The number of aromatic nitrogens is 2. The Kier molecular flexibility index (Phi) is 3.46. The Hall–Kier alpha value is -0.950. The molecule has 1 aromatic heterocycles. The van der Waals surface area contributed by atoms with Crippen molar-refractivity contribution in [3.05, 3.63) is 11.8 Å². The van der Waals surface area contributed by atoms with Crippen LogP contribution < -0.4 is 5.73 Å². The van der Waals surface area contributed by atoms with E-state index in [2.05, 4.69) is 10.2 Å². The van der Waals surface area contributed by atoms with Gasteiger partial charge in [-0.05, 0) is 13.3 Å². The van der Waals surface area contributed by atoms with Crippen molar-refractivity contribution in [3.63, 3.8) is 0 Å². The second kappa shape index (κ2) is 4.28. The van der Waals surface area contributed by atoms with Crippen LogP contribution in [0, 0.1) is 0 Å². The van der Waals surface area contributed by atoms with Gasteiger partial charge in [0.1, 0.15) is 5.25 Å². The number of nitrogens with two attached hydrogens (primary N) is 1. The Balaban J connectivity index is 2.94. The van der Waals surface area contributed by atoms with Crippen LogP contribution in [0.25, 0.3) is 0 Å². The molecule has 0 amide bonds. The molecule has 0 saturated heterocycles. The van der Waals surface area contributed by atoms with Crippen LogP contribution in [0.2, 0.25) is 0 Å². The van der Waals surface area contributed by atoms with E-state index < -0.39 is 15.1 Å². The predicted octanol–water partition coefficient (Wildman–Crippen LogP) is 0.585. The molecule has 2 unspecified atom stereocenters. The van der Waals surface area contributed by atoms with Crippen molar-refractivity contribution in [2.45, 2.75) is 31.6 Å². The first-order chi connectivity index (χ1) is 6.86. The van der Waals surface area contributed by atoms with E-state index >= 15 is 0 Å². The van der Waals surface area contributed by atoms with Crippen LogP contribution in [0.5, 0.6) is 0 Å². The lowest BCUT2D eigenvalue weighted by atomic mass is 10.2. The summed E-state index contributed by atoms with van der Waals surface area (Å²) >= 11 is 0. The molecule has 6 nitrogen and oxygen atoms in total. The lowest BCUT2D eigenvalue weighted by Crippen LogP contribution is -2.09. The standard InChI is InChI=1S/C8H15N3O3S/c1-4-6(9)8-11-10-7(14-8)5(2)15(3,12)13/h5-6H,4,9H2,1-3H3. The van der Waals surface area contributed by atoms with E-state index in [1.54, 1.807) is 0 Å². The molecule has 15 heavy (non-hydrogen) atoms. The van der Waals surface area contributed by atoms with Crippen LogP contribution >= 0.6 is 0 Å². The summed E-state index contributed by atoms with van der Waals surface area (Å²) < 4.78 is 27.6. The maximum atomic E-state index is 11.2. The van der Waals surface area contributed by atoms with Gasteiger partial charge in [-0.1, -0.05) is 6.92 Å². The van der Waals surface area contributed by atoms with E-state index in [0.717, 1.165) is 6.26 Å². The van der Waals surface area contributed by atoms with Crippen molar-refractivity contribution < 1.29 is 12.8 Å². The molecule has 0 spiro atoms. The van der Waals surface area contributed by atoms with E-state index in [1.165, 1.54) is 6.92 Å². The summed E-state index contributed by atoms with van der Waals surface area (Å²) in [5, 5.41) is 6.60. The van der Waals surface area contributed by atoms with Gasteiger partial charge in [0.25, 0.3) is 0 Å². The Labute approximate surface area is 88.8 Å². The monoisotopic (exact) mass is 233 g/mol. The smallest absolute Gasteiger partial charge is 0.234 e. The molecule has 0 bridgehead atoms. The highest BCUT2D eigenvalue weighted by atomic mass is 32.2. The van der Waals surface area contributed by atoms with Crippen LogP contribution in [0.3, 0.4) is 0 Å². The zero-order valence-corrected chi connectivity index (χ0v) is 9.78. The quantitative estimate of drug-likeness (QED) is 0.816. The predicted molar refractivity (Wildman–Crippen MR) is 54.8 cm³/mol. The molecule has 0 fully saturated rings. The van der Waals surface area contributed by atoms with Crippen molar-refractivity contribution in [2.24, 2.45) is 5.73 Å². The second-order valence-electron chi connectivity index (χ2n) is 3.47. The molecule has 0 aliphatic carbocycles. The Morgan fingerprint density at radius 3 is 2.40 bits per heavy atom. The average molecular weight is 233 g/mol. The number of hydrogen-bond donors (Lipinski definition) is 1. The van der Waals surface area contributed by atoms with Gasteiger partial charge >= 0.3 is 0 Å². The number of rotatable bonds is 4. The first-order valence-electron chi connectivity index (χ1n) is 4.64. The number of nitrogens with zero attached hydrogens (tertiary/aromatic N) is 2. The lowest BCUT2D eigenvalue weighted by Gasteiger charge is -2.03. The molecule has 2 atom stereocenters. The third kappa shape index (κ3) is 2.75. The van der Waals surface area contributed by atoms with Crippen molar-refractivity contribution in [2.75, 3.05) is 6.26 Å². The molecule has 1 aromatic rings. The molecule has 0 aliphatic heterocycles. The van der Waals surface area contributed by atoms with Gasteiger partial charge in [0.15, 0.2) is 9.84 Å². The summed E-state index contributed by atoms with van der Waals surface area (Å²) in [6, 6.07) is -0.335. The third-order valence-corrected chi connectivity index (χ3v) is 3.69. The van der Waals surface area contributed by atoms with Crippen LogP contribution in [-0.2, 0) is 9.84 Å². The zero-order chi connectivity index (χ0) is 11.6. The summed E-state index contributed by atoms with van der Waals surface area (Å²) in [5.74, 6) is 0.374. The SMILES string of the molecule is CCC(N)c1nnc(C(C)S(C)(=O)=O)o1. The van der Waals surface area contributed by atoms with Gasteiger partial charge in [-0.15, -0.1) is 10.2 Å². The number of sulfone groups is 1. The highest BCUT2D eigenvalue weighted by Gasteiger charge is 2.24. The van der Waals surface area contributed by atoms with E-state index in [-0.39, 0.29) is 17.8 Å². The molecule has 1 heterocycles. The van der Waals surface area contributed by atoms with Gasteiger partial charge in [0.05, 0.1) is 6.04 Å². The fourth-order valence-corrected chi connectivity index (χ4v) is 1.38. The minimum absolute atomic E-state index is 0.0939. The topological polar surface area (TPSA) is 99.1 Å². The Morgan fingerprint density at radius 1 is 1.40 bits per heavy atom. The van der Waals surface area contributed by atoms with Gasteiger partial charge in [0.2, 0.25) is 11.8 Å². The van der Waals surface area contributed by atoms with E-state index in [1.807, 2.05) is 6.92 Å². The fourth-order valence-electron chi connectivity index (χ4n) is 0.918. The molecule has 0 aliphatic rings. The molecule has 86 valence electrons.